The van der Waals surface area contributed by atoms with Gasteiger partial charge in [0.1, 0.15) is 5.69 Å². The molecule has 0 unspecified atom stereocenters. The van der Waals surface area contributed by atoms with Gasteiger partial charge in [0.15, 0.2) is 0 Å². The van der Waals surface area contributed by atoms with Crippen molar-refractivity contribution in [2.75, 3.05) is 6.61 Å². The second kappa shape index (κ2) is 6.93. The van der Waals surface area contributed by atoms with Crippen LogP contribution in [0.1, 0.15) is 36.7 Å². The molecule has 0 aliphatic carbocycles. The van der Waals surface area contributed by atoms with Crippen molar-refractivity contribution in [3.8, 4) is 0 Å². The lowest BCUT2D eigenvalue weighted by Crippen LogP contribution is -2.10. The zero-order chi connectivity index (χ0) is 13.5. The van der Waals surface area contributed by atoms with E-state index >= 15 is 0 Å². The smallest absolute Gasteiger partial charge is 0.354 e. The molecule has 0 aliphatic heterocycles. The van der Waals surface area contributed by atoms with Crippen LogP contribution in [0.5, 0.6) is 0 Å². The summed E-state index contributed by atoms with van der Waals surface area (Å²) < 4.78 is 30.9. The number of unbranched alkanes of at least 4 members (excludes halogenated alkanes) is 1. The largest absolute Gasteiger partial charge is 0.461 e. The first-order chi connectivity index (χ1) is 8.52. The number of rotatable bonds is 6. The van der Waals surface area contributed by atoms with Gasteiger partial charge in [-0.25, -0.2) is 4.79 Å². The number of hydrogen-bond acceptors (Lipinski definition) is 2. The normalized spacial score (nSPS) is 10.2. The summed E-state index contributed by atoms with van der Waals surface area (Å²) in [5.41, 5.74) is 0.588. The zero-order valence-corrected chi connectivity index (χ0v) is 10.6. The molecule has 0 spiro atoms. The maximum Gasteiger partial charge on any atom is 0.354 e. The summed E-state index contributed by atoms with van der Waals surface area (Å²) in [6.45, 7) is 1.66. The quantitative estimate of drug-likeness (QED) is 0.576. The van der Waals surface area contributed by atoms with E-state index in [-0.39, 0.29) is 18.1 Å². The lowest BCUT2D eigenvalue weighted by atomic mass is 10.1. The number of halogens is 2. The minimum atomic E-state index is -1.61. The number of aryl methyl sites for hydroxylation is 1. The van der Waals surface area contributed by atoms with Gasteiger partial charge < -0.3 is 9.30 Å². The Labute approximate surface area is 105 Å². The fraction of sp³-hybridized carbons (Fsp3) is 0.462. The lowest BCUT2D eigenvalue weighted by molar-refractivity contribution is 0.0487. The van der Waals surface area contributed by atoms with Crippen molar-refractivity contribution < 1.29 is 18.3 Å². The predicted molar refractivity (Wildman–Crippen MR) is 64.5 cm³/mol. The molecular formula is C13H17F2NO2. The first-order valence-electron chi connectivity index (χ1n) is 5.81. The van der Waals surface area contributed by atoms with E-state index < -0.39 is 6.08 Å². The molecule has 0 amide bonds. The molecule has 0 fully saturated rings. The van der Waals surface area contributed by atoms with Crippen molar-refractivity contribution in [3.05, 3.63) is 35.7 Å². The zero-order valence-electron chi connectivity index (χ0n) is 10.6. The van der Waals surface area contributed by atoms with Crippen molar-refractivity contribution in [2.45, 2.75) is 26.2 Å². The number of ether oxygens (including phenoxy) is 1. The monoisotopic (exact) mass is 257 g/mol. The molecule has 0 radical (unpaired) electrons. The van der Waals surface area contributed by atoms with E-state index in [2.05, 4.69) is 0 Å². The van der Waals surface area contributed by atoms with E-state index in [1.807, 2.05) is 0 Å². The SMILES string of the molecule is CC(CCCCOC(=O)c1cccn1C)=C(F)F. The van der Waals surface area contributed by atoms with E-state index in [1.54, 1.807) is 29.9 Å². The minimum absolute atomic E-state index is 0.101. The highest BCUT2D eigenvalue weighted by Crippen LogP contribution is 2.14. The first kappa shape index (κ1) is 14.4. The molecule has 0 aromatic carbocycles. The van der Waals surface area contributed by atoms with Crippen molar-refractivity contribution >= 4 is 5.97 Å². The Morgan fingerprint density at radius 3 is 2.67 bits per heavy atom. The number of allylic oxidation sites excluding steroid dienone is 1. The number of carbonyl (C=O) groups is 1. The van der Waals surface area contributed by atoms with E-state index in [0.29, 0.717) is 25.0 Å². The van der Waals surface area contributed by atoms with E-state index in [0.717, 1.165) is 0 Å². The third-order valence-corrected chi connectivity index (χ3v) is 2.65. The summed E-state index contributed by atoms with van der Waals surface area (Å²) in [5, 5.41) is 0. The van der Waals surface area contributed by atoms with Crippen LogP contribution < -0.4 is 0 Å². The molecule has 1 rings (SSSR count). The third-order valence-electron chi connectivity index (χ3n) is 2.65. The van der Waals surface area contributed by atoms with Crippen LogP contribution in [0.4, 0.5) is 8.78 Å². The highest BCUT2D eigenvalue weighted by molar-refractivity contribution is 5.87. The molecule has 5 heteroatoms. The molecule has 1 aromatic rings. The van der Waals surface area contributed by atoms with Crippen molar-refractivity contribution in [1.29, 1.82) is 0 Å². The molecule has 18 heavy (non-hydrogen) atoms. The van der Waals surface area contributed by atoms with Crippen molar-refractivity contribution in [2.24, 2.45) is 7.05 Å². The molecule has 0 atom stereocenters. The number of esters is 1. The Hall–Kier alpha value is -1.65. The summed E-state index contributed by atoms with van der Waals surface area (Å²) in [6, 6.07) is 3.43. The number of nitrogens with zero attached hydrogens (tertiary/aromatic N) is 1. The van der Waals surface area contributed by atoms with Gasteiger partial charge in [-0.15, -0.1) is 0 Å². The maximum atomic E-state index is 12.1. The van der Waals surface area contributed by atoms with Crippen molar-refractivity contribution in [3.63, 3.8) is 0 Å². The molecule has 3 nitrogen and oxygen atoms in total. The van der Waals surface area contributed by atoms with Crippen LogP contribution in [-0.2, 0) is 11.8 Å². The second-order valence-corrected chi connectivity index (χ2v) is 4.14. The van der Waals surface area contributed by atoms with E-state index in [4.69, 9.17) is 4.74 Å². The van der Waals surface area contributed by atoms with Crippen LogP contribution in [0, 0.1) is 0 Å². The molecule has 1 aromatic heterocycles. The first-order valence-corrected chi connectivity index (χ1v) is 5.81. The Bertz CT molecular complexity index is 434. The summed E-state index contributed by atoms with van der Waals surface area (Å²) in [6.07, 6.45) is 1.65. The summed E-state index contributed by atoms with van der Waals surface area (Å²) in [7, 11) is 1.76. The maximum absolute atomic E-state index is 12.1. The van der Waals surface area contributed by atoms with Crippen LogP contribution in [0.2, 0.25) is 0 Å². The van der Waals surface area contributed by atoms with Gasteiger partial charge in [0, 0.05) is 13.2 Å². The topological polar surface area (TPSA) is 31.2 Å². The van der Waals surface area contributed by atoms with Crippen LogP contribution in [0.3, 0.4) is 0 Å². The Morgan fingerprint density at radius 2 is 2.11 bits per heavy atom. The summed E-state index contributed by atoms with van der Waals surface area (Å²) >= 11 is 0. The van der Waals surface area contributed by atoms with Crippen LogP contribution in [0.25, 0.3) is 0 Å². The molecule has 100 valence electrons. The van der Waals surface area contributed by atoms with Gasteiger partial charge in [-0.3, -0.25) is 0 Å². The summed E-state index contributed by atoms with van der Waals surface area (Å²) in [4.78, 5) is 11.6. The third kappa shape index (κ3) is 4.31. The van der Waals surface area contributed by atoms with Gasteiger partial charge in [0.2, 0.25) is 0 Å². The summed E-state index contributed by atoms with van der Waals surface area (Å²) in [5.74, 6) is -0.383. The highest BCUT2D eigenvalue weighted by Gasteiger charge is 2.09. The van der Waals surface area contributed by atoms with Crippen molar-refractivity contribution in [1.82, 2.24) is 4.57 Å². The Kier molecular flexibility index (Phi) is 5.55. The van der Waals surface area contributed by atoms with Gasteiger partial charge >= 0.3 is 5.97 Å². The molecule has 0 N–H and O–H groups in total. The number of carbonyl (C=O) groups excluding carboxylic acids is 1. The van der Waals surface area contributed by atoms with Gasteiger partial charge in [0.05, 0.1) is 6.61 Å². The van der Waals surface area contributed by atoms with Gasteiger partial charge in [-0.05, 0) is 43.9 Å². The minimum Gasteiger partial charge on any atom is -0.461 e. The fourth-order valence-corrected chi connectivity index (χ4v) is 1.50. The van der Waals surface area contributed by atoms with Gasteiger partial charge in [0.25, 0.3) is 6.08 Å². The fourth-order valence-electron chi connectivity index (χ4n) is 1.50. The van der Waals surface area contributed by atoms with E-state index in [1.165, 1.54) is 6.92 Å². The molecule has 0 bridgehead atoms. The Morgan fingerprint density at radius 1 is 1.39 bits per heavy atom. The molecule has 0 saturated heterocycles. The average Bonchev–Trinajstić information content (AvgIpc) is 2.74. The van der Waals surface area contributed by atoms with Crippen LogP contribution >= 0.6 is 0 Å². The predicted octanol–water partition coefficient (Wildman–Crippen LogP) is 3.52. The van der Waals surface area contributed by atoms with Crippen LogP contribution in [0.15, 0.2) is 30.0 Å². The van der Waals surface area contributed by atoms with E-state index in [9.17, 15) is 13.6 Å². The number of hydrogen-bond donors (Lipinski definition) is 0. The second-order valence-electron chi connectivity index (χ2n) is 4.14. The molecule has 1 heterocycles. The molecule has 0 aliphatic rings. The molecule has 0 saturated carbocycles. The molecular weight excluding hydrogens is 240 g/mol. The number of aromatic nitrogens is 1. The average molecular weight is 257 g/mol. The van der Waals surface area contributed by atoms with Crippen LogP contribution in [-0.4, -0.2) is 17.1 Å². The van der Waals surface area contributed by atoms with Gasteiger partial charge in [-0.2, -0.15) is 8.78 Å². The van der Waals surface area contributed by atoms with Gasteiger partial charge in [-0.1, -0.05) is 0 Å². The standard InChI is InChI=1S/C13H17F2NO2/c1-10(12(14)15)6-3-4-9-18-13(17)11-7-5-8-16(11)2/h5,7-8H,3-4,6,9H2,1-2H3. The Balaban J connectivity index is 2.21. The lowest BCUT2D eigenvalue weighted by Gasteiger charge is -2.05. The highest BCUT2D eigenvalue weighted by atomic mass is 19.3.